The van der Waals surface area contributed by atoms with Crippen molar-refractivity contribution in [2.24, 2.45) is 11.3 Å². The lowest BCUT2D eigenvalue weighted by Gasteiger charge is -2.47. The predicted octanol–water partition coefficient (Wildman–Crippen LogP) is 7.46. The number of halogens is 6. The third-order valence-electron chi connectivity index (χ3n) is 8.68. The molecule has 9 nitrogen and oxygen atoms in total. The highest BCUT2D eigenvalue weighted by Crippen LogP contribution is 2.45. The highest BCUT2D eigenvalue weighted by Gasteiger charge is 2.52. The Morgan fingerprint density at radius 2 is 1.06 bits per heavy atom. The monoisotopic (exact) mass is 797 g/mol. The summed E-state index contributed by atoms with van der Waals surface area (Å²) in [7, 11) is -14.8. The lowest BCUT2D eigenvalue weighted by molar-refractivity contribution is 0.00314. The van der Waals surface area contributed by atoms with Gasteiger partial charge in [-0.3, -0.25) is 0 Å². The number of sulfone groups is 3. The Morgan fingerprint density at radius 3 is 1.42 bits per heavy atom. The van der Waals surface area contributed by atoms with Gasteiger partial charge in [0.25, 0.3) is 19.3 Å². The molecule has 1 atom stereocenters. The Bertz CT molecular complexity index is 2020. The number of alkyl halides is 6. The van der Waals surface area contributed by atoms with Crippen LogP contribution in [-0.2, 0) is 34.2 Å². The van der Waals surface area contributed by atoms with Gasteiger partial charge in [-0.2, -0.15) is 0 Å². The van der Waals surface area contributed by atoms with E-state index in [0.717, 1.165) is 77.7 Å². The van der Waals surface area contributed by atoms with E-state index in [2.05, 4.69) is 0 Å². The van der Waals surface area contributed by atoms with Crippen LogP contribution in [0.4, 0.5) is 31.1 Å². The first-order chi connectivity index (χ1) is 24.0. The molecule has 1 unspecified atom stereocenters. The zero-order chi connectivity index (χ0) is 38.9. The zero-order valence-corrected chi connectivity index (χ0v) is 30.6. The van der Waals surface area contributed by atoms with Gasteiger partial charge in [0.05, 0.1) is 31.9 Å². The number of nitrogens with zero attached hydrogens (tertiary/aromatic N) is 1. The van der Waals surface area contributed by atoms with Gasteiger partial charge < -0.3 is 9.64 Å². The number of hydrogen-bond donors (Lipinski definition) is 0. The molecule has 0 spiro atoms. The lowest BCUT2D eigenvalue weighted by atomic mass is 9.74. The number of piperidine rings is 1. The maximum atomic E-state index is 14.2. The van der Waals surface area contributed by atoms with Crippen molar-refractivity contribution in [3.63, 3.8) is 0 Å². The van der Waals surface area contributed by atoms with E-state index < -0.39 is 140 Å². The molecule has 1 heterocycles. The number of ether oxygens (including phenoxy) is 1. The standard InChI is InChI=1S/C34H37F6NO8S3/c1-33(2,3)49-32(42)41-17-16-34(20-51(45,46)27-14-8-5-11-24(27)30(37)38,21-52(47,48)28-15-9-6-12-25(28)31(39)40)22(18-41)19-50(43,44)26-13-7-4-10-23(26)29(35)36/h4-15,22,29-31H,16-21H2,1-3H3. The molecule has 0 aromatic heterocycles. The number of amides is 1. The molecule has 1 fully saturated rings. The first-order valence-electron chi connectivity index (χ1n) is 15.8. The van der Waals surface area contributed by atoms with Crippen molar-refractivity contribution in [2.45, 2.75) is 66.8 Å². The van der Waals surface area contributed by atoms with E-state index in [4.69, 9.17) is 4.74 Å². The molecule has 1 saturated heterocycles. The molecule has 3 aromatic rings. The van der Waals surface area contributed by atoms with Crippen molar-refractivity contribution in [1.29, 1.82) is 0 Å². The Labute approximate surface area is 298 Å². The molecule has 0 N–H and O–H groups in total. The number of hydrogen-bond acceptors (Lipinski definition) is 8. The lowest BCUT2D eigenvalue weighted by Crippen LogP contribution is -2.57. The van der Waals surface area contributed by atoms with Crippen molar-refractivity contribution in [2.75, 3.05) is 30.3 Å². The van der Waals surface area contributed by atoms with E-state index in [0.29, 0.717) is 0 Å². The van der Waals surface area contributed by atoms with Crippen molar-refractivity contribution < 1.29 is 61.1 Å². The van der Waals surface area contributed by atoms with Crippen LogP contribution in [-0.4, -0.2) is 72.2 Å². The second kappa shape index (κ2) is 15.4. The maximum Gasteiger partial charge on any atom is 0.410 e. The molecule has 18 heteroatoms. The number of likely N-dealkylation sites (tertiary alicyclic amines) is 1. The van der Waals surface area contributed by atoms with Gasteiger partial charge in [-0.1, -0.05) is 54.6 Å². The van der Waals surface area contributed by atoms with Gasteiger partial charge in [0.2, 0.25) is 0 Å². The van der Waals surface area contributed by atoms with Gasteiger partial charge in [0.1, 0.15) is 5.60 Å². The predicted molar refractivity (Wildman–Crippen MR) is 179 cm³/mol. The van der Waals surface area contributed by atoms with Crippen molar-refractivity contribution in [1.82, 2.24) is 4.90 Å². The molecular weight excluding hydrogens is 761 g/mol. The average molecular weight is 798 g/mol. The van der Waals surface area contributed by atoms with Crippen molar-refractivity contribution in [3.8, 4) is 0 Å². The van der Waals surface area contributed by atoms with Crippen LogP contribution >= 0.6 is 0 Å². The average Bonchev–Trinajstić information content (AvgIpc) is 3.04. The van der Waals surface area contributed by atoms with Crippen LogP contribution in [0.15, 0.2) is 87.5 Å². The summed E-state index contributed by atoms with van der Waals surface area (Å²) in [6.45, 7) is 3.47. The Kier molecular flexibility index (Phi) is 12.2. The first kappa shape index (κ1) is 41.1. The molecule has 1 aliphatic heterocycles. The van der Waals surface area contributed by atoms with E-state index >= 15 is 0 Å². The van der Waals surface area contributed by atoms with E-state index in [1.54, 1.807) is 0 Å². The smallest absolute Gasteiger partial charge is 0.410 e. The van der Waals surface area contributed by atoms with Gasteiger partial charge in [0.15, 0.2) is 29.5 Å². The normalized spacial score (nSPS) is 17.2. The summed E-state index contributed by atoms with van der Waals surface area (Å²) in [5.74, 6) is -5.50. The molecule has 286 valence electrons. The Balaban J connectivity index is 1.98. The quantitative estimate of drug-likeness (QED) is 0.173. The summed E-state index contributed by atoms with van der Waals surface area (Å²) in [5, 5.41) is 0. The van der Waals surface area contributed by atoms with Crippen LogP contribution < -0.4 is 0 Å². The zero-order valence-electron chi connectivity index (χ0n) is 28.2. The molecular formula is C34H37F6NO8S3. The minimum Gasteiger partial charge on any atom is -0.444 e. The van der Waals surface area contributed by atoms with E-state index in [1.807, 2.05) is 0 Å². The fourth-order valence-corrected chi connectivity index (χ4v) is 12.8. The highest BCUT2D eigenvalue weighted by atomic mass is 32.2. The van der Waals surface area contributed by atoms with Crippen LogP contribution in [0.1, 0.15) is 63.2 Å². The number of benzene rings is 3. The number of rotatable bonds is 12. The SMILES string of the molecule is CC(C)(C)OC(=O)N1CCC(CS(=O)(=O)c2ccccc2C(F)F)(CS(=O)(=O)c2ccccc2C(F)F)C(CS(=O)(=O)c2ccccc2C(F)F)C1. The second-order valence-corrected chi connectivity index (χ2v) is 19.5. The van der Waals surface area contributed by atoms with Gasteiger partial charge >= 0.3 is 6.09 Å². The van der Waals surface area contributed by atoms with Crippen molar-refractivity contribution in [3.05, 3.63) is 89.5 Å². The van der Waals surface area contributed by atoms with E-state index in [-0.39, 0.29) is 0 Å². The van der Waals surface area contributed by atoms with Crippen LogP contribution in [0.3, 0.4) is 0 Å². The molecule has 0 bridgehead atoms. The summed E-state index contributed by atoms with van der Waals surface area (Å²) in [4.78, 5) is 11.7. The minimum atomic E-state index is -4.96. The minimum absolute atomic E-state index is 0.433. The van der Waals surface area contributed by atoms with Gasteiger partial charge in [-0.25, -0.2) is 56.4 Å². The summed E-state index contributed by atoms with van der Waals surface area (Å²) in [5.41, 5.74) is -6.11. The summed E-state index contributed by atoms with van der Waals surface area (Å²) in [6.07, 6.45) is -11.5. The molecule has 0 aliphatic carbocycles. The summed E-state index contributed by atoms with van der Waals surface area (Å²) >= 11 is 0. The van der Waals surface area contributed by atoms with Crippen LogP contribution in [0.25, 0.3) is 0 Å². The molecule has 4 rings (SSSR count). The Hall–Kier alpha value is -3.64. The summed E-state index contributed by atoms with van der Waals surface area (Å²) in [6, 6.07) is 12.1. The first-order valence-corrected chi connectivity index (χ1v) is 20.7. The fourth-order valence-electron chi connectivity index (χ4n) is 6.36. The second-order valence-electron chi connectivity index (χ2n) is 13.6. The van der Waals surface area contributed by atoms with E-state index in [1.165, 1.54) is 20.8 Å². The third kappa shape index (κ3) is 9.28. The Morgan fingerprint density at radius 1 is 0.692 bits per heavy atom. The number of carbonyl (C=O) groups excluding carboxylic acids is 1. The topological polar surface area (TPSA) is 132 Å². The molecule has 1 aliphatic rings. The highest BCUT2D eigenvalue weighted by molar-refractivity contribution is 7.92. The molecule has 0 radical (unpaired) electrons. The van der Waals surface area contributed by atoms with Gasteiger partial charge in [-0.15, -0.1) is 0 Å². The molecule has 3 aromatic carbocycles. The van der Waals surface area contributed by atoms with Gasteiger partial charge in [-0.05, 0) is 51.3 Å². The van der Waals surface area contributed by atoms with Crippen LogP contribution in [0.5, 0.6) is 0 Å². The summed E-state index contributed by atoms with van der Waals surface area (Å²) < 4.78 is 174. The molecule has 1 amide bonds. The fraction of sp³-hybridized carbons (Fsp3) is 0.441. The van der Waals surface area contributed by atoms with Crippen molar-refractivity contribution >= 4 is 35.6 Å². The third-order valence-corrected chi connectivity index (χ3v) is 14.6. The maximum absolute atomic E-state index is 14.2. The van der Waals surface area contributed by atoms with E-state index in [9.17, 15) is 56.4 Å². The van der Waals surface area contributed by atoms with Crippen LogP contribution in [0.2, 0.25) is 0 Å². The largest absolute Gasteiger partial charge is 0.444 e. The van der Waals surface area contributed by atoms with Crippen LogP contribution in [0, 0.1) is 11.3 Å². The molecule has 52 heavy (non-hydrogen) atoms. The number of carbonyl (C=O) groups is 1. The molecule has 0 saturated carbocycles. The van der Waals surface area contributed by atoms with Gasteiger partial charge in [0, 0.05) is 35.2 Å².